The van der Waals surface area contributed by atoms with Gasteiger partial charge in [-0.2, -0.15) is 10.5 Å². The lowest BCUT2D eigenvalue weighted by molar-refractivity contribution is 0.0628. The van der Waals surface area contributed by atoms with Crippen molar-refractivity contribution >= 4 is 0 Å². The highest BCUT2D eigenvalue weighted by atomic mass is 16.5. The maximum absolute atomic E-state index is 9.93. The number of rotatable bonds is 7. The summed E-state index contributed by atoms with van der Waals surface area (Å²) in [7, 11) is 0. The fraction of sp³-hybridized carbons (Fsp3) is 0.467. The van der Waals surface area contributed by atoms with Crippen LogP contribution in [0, 0.1) is 22.7 Å². The Morgan fingerprint density at radius 1 is 1.25 bits per heavy atom. The van der Waals surface area contributed by atoms with E-state index >= 15 is 0 Å². The normalized spacial score (nSPS) is 11.9. The molecule has 1 aromatic rings. The van der Waals surface area contributed by atoms with E-state index < -0.39 is 6.10 Å². The van der Waals surface area contributed by atoms with E-state index in [4.69, 9.17) is 15.3 Å². The summed E-state index contributed by atoms with van der Waals surface area (Å²) in [6.07, 6.45) is -0.665. The van der Waals surface area contributed by atoms with Crippen molar-refractivity contribution in [1.29, 1.82) is 10.5 Å². The first-order valence-corrected chi connectivity index (χ1v) is 6.48. The average molecular weight is 273 g/mol. The smallest absolute Gasteiger partial charge is 0.119 e. The molecule has 1 N–H and O–H groups in total. The van der Waals surface area contributed by atoms with Gasteiger partial charge in [0.15, 0.2) is 0 Å². The Bertz CT molecular complexity index is 485. The number of nitriles is 2. The molecule has 0 heterocycles. The minimum Gasteiger partial charge on any atom is -0.491 e. The minimum absolute atomic E-state index is 0.153. The average Bonchev–Trinajstić information content (AvgIpc) is 2.45. The molecule has 106 valence electrons. The van der Waals surface area contributed by atoms with Gasteiger partial charge in [0, 0.05) is 12.6 Å². The van der Waals surface area contributed by atoms with Crippen molar-refractivity contribution in [1.82, 2.24) is 4.90 Å². The van der Waals surface area contributed by atoms with Crippen LogP contribution in [0.5, 0.6) is 5.75 Å². The monoisotopic (exact) mass is 273 g/mol. The topological polar surface area (TPSA) is 80.3 Å². The molecule has 0 bridgehead atoms. The van der Waals surface area contributed by atoms with Crippen LogP contribution < -0.4 is 4.74 Å². The van der Waals surface area contributed by atoms with Crippen molar-refractivity contribution in [2.24, 2.45) is 0 Å². The van der Waals surface area contributed by atoms with Crippen LogP contribution in [0.4, 0.5) is 0 Å². The highest BCUT2D eigenvalue weighted by Crippen LogP contribution is 2.12. The largest absolute Gasteiger partial charge is 0.491 e. The molecule has 20 heavy (non-hydrogen) atoms. The van der Waals surface area contributed by atoms with E-state index in [1.165, 1.54) is 0 Å². The second-order valence-corrected chi connectivity index (χ2v) is 4.78. The molecule has 1 unspecified atom stereocenters. The first-order chi connectivity index (χ1) is 9.56. The number of hydrogen-bond acceptors (Lipinski definition) is 5. The number of hydrogen-bond donors (Lipinski definition) is 1. The van der Waals surface area contributed by atoms with Gasteiger partial charge in [-0.15, -0.1) is 0 Å². The van der Waals surface area contributed by atoms with Crippen LogP contribution in [0.1, 0.15) is 19.4 Å². The molecule has 0 aromatic heterocycles. The third kappa shape index (κ3) is 5.27. The van der Waals surface area contributed by atoms with Crippen molar-refractivity contribution in [2.45, 2.75) is 26.0 Å². The number of benzene rings is 1. The van der Waals surface area contributed by atoms with Crippen LogP contribution in [0.25, 0.3) is 0 Å². The predicted molar refractivity (Wildman–Crippen MR) is 75.0 cm³/mol. The molecule has 0 aliphatic carbocycles. The van der Waals surface area contributed by atoms with E-state index in [9.17, 15) is 5.11 Å². The zero-order valence-corrected chi connectivity index (χ0v) is 11.8. The highest BCUT2D eigenvalue weighted by Gasteiger charge is 2.14. The zero-order valence-electron chi connectivity index (χ0n) is 11.8. The van der Waals surface area contributed by atoms with Gasteiger partial charge in [-0.1, -0.05) is 0 Å². The first-order valence-electron chi connectivity index (χ1n) is 6.48. The lowest BCUT2D eigenvalue weighted by Gasteiger charge is -2.26. The van der Waals surface area contributed by atoms with Crippen molar-refractivity contribution in [3.8, 4) is 17.9 Å². The Hall–Kier alpha value is -2.08. The van der Waals surface area contributed by atoms with Gasteiger partial charge in [0.1, 0.15) is 18.5 Å². The van der Waals surface area contributed by atoms with Gasteiger partial charge in [0.05, 0.1) is 24.2 Å². The van der Waals surface area contributed by atoms with Crippen LogP contribution in [-0.4, -0.2) is 41.8 Å². The molecule has 0 spiro atoms. The van der Waals surface area contributed by atoms with Crippen molar-refractivity contribution in [2.75, 3.05) is 19.7 Å². The number of ether oxygens (including phenoxy) is 1. The van der Waals surface area contributed by atoms with E-state index in [-0.39, 0.29) is 19.2 Å². The quantitative estimate of drug-likeness (QED) is 0.762. The fourth-order valence-corrected chi connectivity index (χ4v) is 1.69. The molecular weight excluding hydrogens is 254 g/mol. The molecule has 0 amide bonds. The van der Waals surface area contributed by atoms with Gasteiger partial charge in [0.25, 0.3) is 0 Å². The van der Waals surface area contributed by atoms with Gasteiger partial charge >= 0.3 is 0 Å². The molecule has 0 aliphatic rings. The Morgan fingerprint density at radius 3 is 2.40 bits per heavy atom. The number of aliphatic hydroxyl groups is 1. The minimum atomic E-state index is -0.665. The number of nitrogens with zero attached hydrogens (tertiary/aromatic N) is 3. The van der Waals surface area contributed by atoms with Crippen LogP contribution >= 0.6 is 0 Å². The summed E-state index contributed by atoms with van der Waals surface area (Å²) in [5.41, 5.74) is 0.568. The maximum atomic E-state index is 9.93. The van der Waals surface area contributed by atoms with Gasteiger partial charge in [0.2, 0.25) is 0 Å². The van der Waals surface area contributed by atoms with E-state index in [1.54, 1.807) is 24.3 Å². The van der Waals surface area contributed by atoms with Crippen LogP contribution in [0.15, 0.2) is 24.3 Å². The third-order valence-corrected chi connectivity index (χ3v) is 2.88. The lowest BCUT2D eigenvalue weighted by Crippen LogP contribution is -2.40. The second-order valence-electron chi connectivity index (χ2n) is 4.78. The third-order valence-electron chi connectivity index (χ3n) is 2.88. The molecule has 0 aliphatic heterocycles. The van der Waals surface area contributed by atoms with E-state index in [1.807, 2.05) is 24.8 Å². The van der Waals surface area contributed by atoms with Gasteiger partial charge in [-0.3, -0.25) is 4.90 Å². The Balaban J connectivity index is 2.44. The summed E-state index contributed by atoms with van der Waals surface area (Å²) in [6, 6.07) is 11.0. The van der Waals surface area contributed by atoms with Crippen molar-refractivity contribution in [3.05, 3.63) is 29.8 Å². The predicted octanol–water partition coefficient (Wildman–Crippen LogP) is 1.53. The van der Waals surface area contributed by atoms with Crippen molar-refractivity contribution < 1.29 is 9.84 Å². The van der Waals surface area contributed by atoms with E-state index in [0.29, 0.717) is 17.9 Å². The summed E-state index contributed by atoms with van der Waals surface area (Å²) in [5, 5.41) is 27.3. The van der Waals surface area contributed by atoms with Crippen molar-refractivity contribution in [3.63, 3.8) is 0 Å². The summed E-state index contributed by atoms with van der Waals surface area (Å²) in [5.74, 6) is 0.611. The first kappa shape index (κ1) is 16.0. The standard InChI is InChI=1S/C15H19N3O2/c1-12(2)18(8-7-16)10-14(19)11-20-15-5-3-13(9-17)4-6-15/h3-6,12,14,19H,8,10-11H2,1-2H3. The Kier molecular flexibility index (Phi) is 6.52. The summed E-state index contributed by atoms with van der Waals surface area (Å²) in [4.78, 5) is 1.88. The molecular formula is C15H19N3O2. The van der Waals surface area contributed by atoms with E-state index in [2.05, 4.69) is 6.07 Å². The summed E-state index contributed by atoms with van der Waals surface area (Å²) >= 11 is 0. The lowest BCUT2D eigenvalue weighted by atomic mass is 10.2. The molecule has 1 rings (SSSR count). The molecule has 5 heteroatoms. The molecule has 5 nitrogen and oxygen atoms in total. The SMILES string of the molecule is CC(C)N(CC#N)CC(O)COc1ccc(C#N)cc1. The summed E-state index contributed by atoms with van der Waals surface area (Å²) in [6.45, 7) is 4.78. The fourth-order valence-electron chi connectivity index (χ4n) is 1.69. The van der Waals surface area contributed by atoms with Crippen LogP contribution in [0.3, 0.4) is 0 Å². The molecule has 0 radical (unpaired) electrons. The Morgan fingerprint density at radius 2 is 1.90 bits per heavy atom. The molecule has 0 fully saturated rings. The van der Waals surface area contributed by atoms with Gasteiger partial charge in [-0.25, -0.2) is 0 Å². The molecule has 0 saturated heterocycles. The van der Waals surface area contributed by atoms with Crippen LogP contribution in [-0.2, 0) is 0 Å². The summed E-state index contributed by atoms with van der Waals surface area (Å²) < 4.78 is 5.46. The van der Waals surface area contributed by atoms with Crippen LogP contribution in [0.2, 0.25) is 0 Å². The van der Waals surface area contributed by atoms with E-state index in [0.717, 1.165) is 0 Å². The molecule has 1 aromatic carbocycles. The molecule has 1 atom stereocenters. The maximum Gasteiger partial charge on any atom is 0.119 e. The second kappa shape index (κ2) is 8.16. The highest BCUT2D eigenvalue weighted by molar-refractivity contribution is 5.34. The van der Waals surface area contributed by atoms with Gasteiger partial charge < -0.3 is 9.84 Å². The molecule has 0 saturated carbocycles. The number of aliphatic hydroxyl groups excluding tert-OH is 1. The van der Waals surface area contributed by atoms with Gasteiger partial charge in [-0.05, 0) is 38.1 Å². The Labute approximate surface area is 119 Å². The zero-order chi connectivity index (χ0) is 15.0.